The molecule has 1 aromatic rings. The predicted octanol–water partition coefficient (Wildman–Crippen LogP) is 9.09. The van der Waals surface area contributed by atoms with Crippen LogP contribution in [0.4, 0.5) is 5.82 Å². The van der Waals surface area contributed by atoms with Crippen LogP contribution in [0.5, 0.6) is 0 Å². The highest BCUT2D eigenvalue weighted by molar-refractivity contribution is 7.99. The Balaban J connectivity index is 1.70. The number of nitrogens with one attached hydrogen (secondary N) is 1. The van der Waals surface area contributed by atoms with E-state index in [0.29, 0.717) is 18.6 Å². The average Bonchev–Trinajstić information content (AvgIpc) is 3.84. The van der Waals surface area contributed by atoms with E-state index < -0.39 is 49.2 Å². The van der Waals surface area contributed by atoms with E-state index in [1.165, 1.54) is 159 Å². The van der Waals surface area contributed by atoms with E-state index in [1.807, 2.05) is 0 Å². The fourth-order valence-electron chi connectivity index (χ4n) is 7.72. The second-order valence-electron chi connectivity index (χ2n) is 17.4. The van der Waals surface area contributed by atoms with Gasteiger partial charge in [0, 0.05) is 24.3 Å². The minimum atomic E-state index is -1.35. The highest BCUT2D eigenvalue weighted by atomic mass is 32.2. The molecule has 360 valence electrons. The summed E-state index contributed by atoms with van der Waals surface area (Å²) in [6.45, 7) is 3.97. The van der Waals surface area contributed by atoms with Gasteiger partial charge in [0.2, 0.25) is 5.91 Å². The van der Waals surface area contributed by atoms with Crippen LogP contribution in [0.15, 0.2) is 6.20 Å². The van der Waals surface area contributed by atoms with Crippen molar-refractivity contribution >= 4 is 35.4 Å². The number of amides is 1. The standard InChI is InChI=1S/C47H87N5O9S/c1-3-5-7-9-11-13-15-17-19-21-23-25-27-29-31-42(54)59-35-38(60-43(55)32-30-28-26-24-22-20-18-16-14-12-10-8-6-4-2)36-62-37-39(48)46(58)49-41-33-52(51-50-41)47-45(57)44(56)40(34-53)61-47/h33,38-40,44-45,47,53,56-57H,3-32,34-37,48H2,1-2H3,(H,49,58)/t38?,39?,40?,44-,45+,47+/m1/s1. The van der Waals surface area contributed by atoms with Gasteiger partial charge >= 0.3 is 11.9 Å². The Hall–Kier alpha value is -2.30. The maximum atomic E-state index is 12.9. The number of hydrogen-bond donors (Lipinski definition) is 5. The normalized spacial score (nSPS) is 18.5. The molecule has 15 heteroatoms. The largest absolute Gasteiger partial charge is 0.462 e. The van der Waals surface area contributed by atoms with Crippen molar-refractivity contribution in [2.24, 2.45) is 5.73 Å². The van der Waals surface area contributed by atoms with Crippen molar-refractivity contribution in [2.45, 2.75) is 243 Å². The summed E-state index contributed by atoms with van der Waals surface area (Å²) in [5.41, 5.74) is 6.18. The maximum absolute atomic E-state index is 12.9. The molecule has 6 atom stereocenters. The first kappa shape index (κ1) is 55.8. The summed E-state index contributed by atoms with van der Waals surface area (Å²) >= 11 is 1.32. The Morgan fingerprint density at radius 2 is 1.16 bits per heavy atom. The number of thioether (sulfide) groups is 1. The molecule has 1 fully saturated rings. The van der Waals surface area contributed by atoms with Gasteiger partial charge in [-0.2, -0.15) is 11.8 Å². The average molecular weight is 898 g/mol. The van der Waals surface area contributed by atoms with Crippen molar-refractivity contribution in [1.82, 2.24) is 15.0 Å². The number of aliphatic hydroxyl groups excluding tert-OH is 3. The number of nitrogens with two attached hydrogens (primary N) is 1. The fraction of sp³-hybridized carbons (Fsp3) is 0.894. The summed E-state index contributed by atoms with van der Waals surface area (Å²) in [6.07, 6.45) is 31.2. The van der Waals surface area contributed by atoms with Crippen LogP contribution in [-0.2, 0) is 28.6 Å². The number of ether oxygens (including phenoxy) is 3. The second-order valence-corrected chi connectivity index (χ2v) is 18.5. The van der Waals surface area contributed by atoms with E-state index in [-0.39, 0.29) is 30.1 Å². The molecule has 14 nitrogen and oxygen atoms in total. The maximum Gasteiger partial charge on any atom is 0.306 e. The summed E-state index contributed by atoms with van der Waals surface area (Å²) in [5, 5.41) is 40.0. The van der Waals surface area contributed by atoms with Gasteiger partial charge in [0.25, 0.3) is 0 Å². The van der Waals surface area contributed by atoms with E-state index in [2.05, 4.69) is 29.5 Å². The van der Waals surface area contributed by atoms with Crippen LogP contribution in [0.3, 0.4) is 0 Å². The number of carbonyl (C=O) groups excluding carboxylic acids is 3. The van der Waals surface area contributed by atoms with Crippen LogP contribution in [0, 0.1) is 0 Å². The molecule has 62 heavy (non-hydrogen) atoms. The van der Waals surface area contributed by atoms with E-state index >= 15 is 0 Å². The zero-order chi connectivity index (χ0) is 45.0. The van der Waals surface area contributed by atoms with Gasteiger partial charge in [-0.3, -0.25) is 14.4 Å². The van der Waals surface area contributed by atoms with Gasteiger partial charge in [-0.15, -0.1) is 5.10 Å². The molecule has 0 aliphatic carbocycles. The number of anilines is 1. The molecule has 2 heterocycles. The number of aromatic nitrogens is 3. The number of hydrogen-bond acceptors (Lipinski definition) is 13. The summed E-state index contributed by atoms with van der Waals surface area (Å²) < 4.78 is 18.0. The zero-order valence-electron chi connectivity index (χ0n) is 38.7. The van der Waals surface area contributed by atoms with Gasteiger partial charge < -0.3 is 40.6 Å². The minimum absolute atomic E-state index is 0.0552. The van der Waals surface area contributed by atoms with Gasteiger partial charge in [-0.05, 0) is 12.8 Å². The molecule has 3 unspecified atom stereocenters. The molecule has 0 aromatic carbocycles. The van der Waals surface area contributed by atoms with E-state index in [4.69, 9.17) is 19.9 Å². The number of unbranched alkanes of at least 4 members (excludes halogenated alkanes) is 26. The van der Waals surface area contributed by atoms with Crippen LogP contribution >= 0.6 is 11.8 Å². The molecule has 1 aromatic heterocycles. The lowest BCUT2D eigenvalue weighted by atomic mass is 10.0. The Morgan fingerprint density at radius 3 is 1.61 bits per heavy atom. The Bertz CT molecular complexity index is 1280. The van der Waals surface area contributed by atoms with E-state index in [0.717, 1.165) is 43.2 Å². The topological polar surface area (TPSA) is 208 Å². The lowest BCUT2D eigenvalue weighted by molar-refractivity contribution is -0.157. The molecule has 0 saturated carbocycles. The third-order valence-corrected chi connectivity index (χ3v) is 12.9. The third kappa shape index (κ3) is 26.5. The molecule has 6 N–H and O–H groups in total. The Labute approximate surface area is 378 Å². The summed E-state index contributed by atoms with van der Waals surface area (Å²) in [4.78, 5) is 38.4. The first-order valence-corrected chi connectivity index (χ1v) is 25.9. The number of nitrogens with zero attached hydrogens (tertiary/aromatic N) is 3. The van der Waals surface area contributed by atoms with Crippen LogP contribution < -0.4 is 11.1 Å². The van der Waals surface area contributed by atoms with E-state index in [9.17, 15) is 29.7 Å². The Morgan fingerprint density at radius 1 is 0.710 bits per heavy atom. The van der Waals surface area contributed by atoms with Gasteiger partial charge in [-0.25, -0.2) is 4.68 Å². The monoisotopic (exact) mass is 898 g/mol. The van der Waals surface area contributed by atoms with Crippen LogP contribution in [0.1, 0.15) is 213 Å². The van der Waals surface area contributed by atoms with Crippen molar-refractivity contribution in [3.63, 3.8) is 0 Å². The zero-order valence-corrected chi connectivity index (χ0v) is 39.5. The molecule has 2 rings (SSSR count). The fourth-order valence-corrected chi connectivity index (χ4v) is 8.69. The molecule has 1 saturated heterocycles. The van der Waals surface area contributed by atoms with Crippen molar-refractivity contribution in [3.8, 4) is 0 Å². The van der Waals surface area contributed by atoms with Gasteiger partial charge in [0.1, 0.15) is 31.0 Å². The molecule has 1 amide bonds. The first-order valence-electron chi connectivity index (χ1n) is 24.7. The van der Waals surface area contributed by atoms with Crippen molar-refractivity contribution in [2.75, 3.05) is 30.0 Å². The minimum Gasteiger partial charge on any atom is -0.462 e. The lowest BCUT2D eigenvalue weighted by Crippen LogP contribution is -2.38. The molecular formula is C47H87N5O9S. The highest BCUT2D eigenvalue weighted by Crippen LogP contribution is 2.29. The van der Waals surface area contributed by atoms with Crippen LogP contribution in [0.2, 0.25) is 0 Å². The van der Waals surface area contributed by atoms with E-state index in [1.54, 1.807) is 0 Å². The SMILES string of the molecule is CCCCCCCCCCCCCCCCC(=O)OCC(CSCC(N)C(=O)Nc1cn([C@H]2OC(CO)[C@@H](O)[C@@H]2O)nn1)OC(=O)CCCCCCCCCCCCCCCC. The number of esters is 2. The van der Waals surface area contributed by atoms with Crippen molar-refractivity contribution < 1.29 is 43.9 Å². The lowest BCUT2D eigenvalue weighted by Gasteiger charge is -2.19. The van der Waals surface area contributed by atoms with Gasteiger partial charge in [0.15, 0.2) is 12.0 Å². The molecule has 0 bridgehead atoms. The molecular weight excluding hydrogens is 811 g/mol. The van der Waals surface area contributed by atoms with Crippen LogP contribution in [-0.4, -0.2) is 103 Å². The van der Waals surface area contributed by atoms with Gasteiger partial charge in [-0.1, -0.05) is 186 Å². The first-order chi connectivity index (χ1) is 30.2. The molecule has 0 spiro atoms. The number of aliphatic hydroxyl groups is 3. The van der Waals surface area contributed by atoms with Crippen LogP contribution in [0.25, 0.3) is 0 Å². The summed E-state index contributed by atoms with van der Waals surface area (Å²) in [6, 6.07) is -0.950. The van der Waals surface area contributed by atoms with Crippen molar-refractivity contribution in [3.05, 3.63) is 6.20 Å². The molecule has 1 aliphatic heterocycles. The number of rotatable bonds is 41. The second kappa shape index (κ2) is 37.0. The summed E-state index contributed by atoms with van der Waals surface area (Å²) in [5.74, 6) is -0.612. The predicted molar refractivity (Wildman–Crippen MR) is 248 cm³/mol. The molecule has 1 aliphatic rings. The highest BCUT2D eigenvalue weighted by Gasteiger charge is 2.44. The molecule has 0 radical (unpaired) electrons. The Kier molecular flexibility index (Phi) is 33.3. The number of carbonyl (C=O) groups is 3. The smallest absolute Gasteiger partial charge is 0.306 e. The van der Waals surface area contributed by atoms with Crippen molar-refractivity contribution in [1.29, 1.82) is 0 Å². The third-order valence-electron chi connectivity index (χ3n) is 11.7. The van der Waals surface area contributed by atoms with Gasteiger partial charge in [0.05, 0.1) is 18.8 Å². The summed E-state index contributed by atoms with van der Waals surface area (Å²) in [7, 11) is 0. The quantitative estimate of drug-likeness (QED) is 0.0307.